The van der Waals surface area contributed by atoms with Crippen LogP contribution in [0.5, 0.6) is 0 Å². The van der Waals surface area contributed by atoms with Crippen LogP contribution in [0.1, 0.15) is 18.9 Å². The second kappa shape index (κ2) is 4.13. The molecule has 1 amide bonds. The summed E-state index contributed by atoms with van der Waals surface area (Å²) in [5.41, 5.74) is 2.60. The number of nitrogens with one attached hydrogen (secondary N) is 1. The number of nitrogens with zero attached hydrogens (tertiary/aromatic N) is 1. The molecule has 1 aromatic heterocycles. The molecule has 0 atom stereocenters. The van der Waals surface area contributed by atoms with Gasteiger partial charge in [-0.2, -0.15) is 0 Å². The van der Waals surface area contributed by atoms with E-state index in [9.17, 15) is 4.79 Å². The highest BCUT2D eigenvalue weighted by Crippen LogP contribution is 2.13. The van der Waals surface area contributed by atoms with Crippen LogP contribution in [0.2, 0.25) is 0 Å². The van der Waals surface area contributed by atoms with E-state index in [-0.39, 0.29) is 5.91 Å². The van der Waals surface area contributed by atoms with Crippen molar-refractivity contribution in [1.29, 1.82) is 0 Å². The fourth-order valence-electron chi connectivity index (χ4n) is 1.34. The van der Waals surface area contributed by atoms with Gasteiger partial charge in [0.2, 0.25) is 5.91 Å². The fourth-order valence-corrected chi connectivity index (χ4v) is 1.34. The normalized spacial score (nSPS) is 10.5. The molecular formula is C11H12N2O2. The van der Waals surface area contributed by atoms with E-state index in [0.29, 0.717) is 13.0 Å². The minimum Gasteiger partial charge on any atom is -0.443 e. The van der Waals surface area contributed by atoms with Crippen molar-refractivity contribution in [3.8, 4) is 0 Å². The van der Waals surface area contributed by atoms with E-state index in [1.165, 1.54) is 6.39 Å². The van der Waals surface area contributed by atoms with E-state index in [4.69, 9.17) is 4.42 Å². The zero-order chi connectivity index (χ0) is 10.7. The van der Waals surface area contributed by atoms with Gasteiger partial charge in [-0.25, -0.2) is 4.98 Å². The quantitative estimate of drug-likeness (QED) is 0.830. The van der Waals surface area contributed by atoms with Gasteiger partial charge in [0.05, 0.1) is 0 Å². The Morgan fingerprint density at radius 1 is 1.53 bits per heavy atom. The van der Waals surface area contributed by atoms with Crippen molar-refractivity contribution >= 4 is 17.0 Å². The van der Waals surface area contributed by atoms with Crippen LogP contribution in [0.4, 0.5) is 0 Å². The first kappa shape index (κ1) is 9.71. The molecule has 0 unspecified atom stereocenters. The number of aromatic nitrogens is 1. The van der Waals surface area contributed by atoms with E-state index in [0.717, 1.165) is 16.7 Å². The van der Waals surface area contributed by atoms with Crippen molar-refractivity contribution in [3.05, 3.63) is 30.2 Å². The zero-order valence-electron chi connectivity index (χ0n) is 8.49. The summed E-state index contributed by atoms with van der Waals surface area (Å²) in [5.74, 6) is 0.0488. The maximum Gasteiger partial charge on any atom is 0.219 e. The first-order valence-corrected chi connectivity index (χ1v) is 4.88. The lowest BCUT2D eigenvalue weighted by atomic mass is 10.2. The number of fused-ring (bicyclic) bond motifs is 1. The zero-order valence-corrected chi connectivity index (χ0v) is 8.49. The third-order valence-electron chi connectivity index (χ3n) is 2.21. The molecule has 78 valence electrons. The Morgan fingerprint density at radius 3 is 3.20 bits per heavy atom. The molecule has 0 saturated heterocycles. The molecule has 4 nitrogen and oxygen atoms in total. The summed E-state index contributed by atoms with van der Waals surface area (Å²) in [6, 6.07) is 5.70. The molecular weight excluding hydrogens is 192 g/mol. The highest BCUT2D eigenvalue weighted by atomic mass is 16.3. The lowest BCUT2D eigenvalue weighted by molar-refractivity contribution is -0.120. The van der Waals surface area contributed by atoms with E-state index < -0.39 is 0 Å². The average molecular weight is 204 g/mol. The first-order chi connectivity index (χ1) is 7.29. The monoisotopic (exact) mass is 204 g/mol. The van der Waals surface area contributed by atoms with Gasteiger partial charge in [-0.05, 0) is 17.7 Å². The van der Waals surface area contributed by atoms with Crippen LogP contribution < -0.4 is 5.32 Å². The fraction of sp³-hybridized carbons (Fsp3) is 0.273. The standard InChI is InChI=1S/C11H12N2O2/c1-2-11(14)12-6-8-3-4-9-10(5-8)15-7-13-9/h3-5,7H,2,6H2,1H3,(H,12,14). The third-order valence-corrected chi connectivity index (χ3v) is 2.21. The van der Waals surface area contributed by atoms with Crippen LogP contribution in [0.15, 0.2) is 29.0 Å². The molecule has 2 rings (SSSR count). The Balaban J connectivity index is 2.11. The summed E-state index contributed by atoms with van der Waals surface area (Å²) >= 11 is 0. The minimum atomic E-state index is 0.0488. The Labute approximate surface area is 87.3 Å². The number of amides is 1. The Kier molecular flexibility index (Phi) is 2.67. The summed E-state index contributed by atoms with van der Waals surface area (Å²) in [6.45, 7) is 2.36. The Morgan fingerprint density at radius 2 is 2.40 bits per heavy atom. The average Bonchev–Trinajstić information content (AvgIpc) is 2.72. The number of hydrogen-bond acceptors (Lipinski definition) is 3. The molecule has 0 bridgehead atoms. The third kappa shape index (κ3) is 2.15. The Bertz CT molecular complexity index is 476. The van der Waals surface area contributed by atoms with Gasteiger partial charge in [-0.15, -0.1) is 0 Å². The van der Waals surface area contributed by atoms with Crippen molar-refractivity contribution in [3.63, 3.8) is 0 Å². The van der Waals surface area contributed by atoms with Crippen LogP contribution in [-0.4, -0.2) is 10.9 Å². The summed E-state index contributed by atoms with van der Waals surface area (Å²) in [4.78, 5) is 15.1. The molecule has 1 heterocycles. The van der Waals surface area contributed by atoms with Gasteiger partial charge in [-0.3, -0.25) is 4.79 Å². The minimum absolute atomic E-state index is 0.0488. The van der Waals surface area contributed by atoms with Crippen molar-refractivity contribution in [2.45, 2.75) is 19.9 Å². The predicted molar refractivity (Wildman–Crippen MR) is 56.1 cm³/mol. The van der Waals surface area contributed by atoms with Crippen molar-refractivity contribution < 1.29 is 9.21 Å². The van der Waals surface area contributed by atoms with Gasteiger partial charge in [0, 0.05) is 13.0 Å². The van der Waals surface area contributed by atoms with Gasteiger partial charge in [0.25, 0.3) is 0 Å². The van der Waals surface area contributed by atoms with Gasteiger partial charge < -0.3 is 9.73 Å². The van der Waals surface area contributed by atoms with Gasteiger partial charge in [0.1, 0.15) is 5.52 Å². The summed E-state index contributed by atoms with van der Waals surface area (Å²) < 4.78 is 5.17. The van der Waals surface area contributed by atoms with Gasteiger partial charge in [0.15, 0.2) is 12.0 Å². The summed E-state index contributed by atoms with van der Waals surface area (Å²) in [6.07, 6.45) is 1.92. The molecule has 0 spiro atoms. The Hall–Kier alpha value is -1.84. The smallest absolute Gasteiger partial charge is 0.219 e. The molecule has 1 aromatic carbocycles. The SMILES string of the molecule is CCC(=O)NCc1ccc2ncoc2c1. The van der Waals surface area contributed by atoms with Gasteiger partial charge >= 0.3 is 0 Å². The molecule has 4 heteroatoms. The largest absolute Gasteiger partial charge is 0.443 e. The molecule has 15 heavy (non-hydrogen) atoms. The number of carbonyl (C=O) groups is 1. The topological polar surface area (TPSA) is 55.1 Å². The van der Waals surface area contributed by atoms with E-state index in [1.807, 2.05) is 25.1 Å². The number of hydrogen-bond donors (Lipinski definition) is 1. The molecule has 2 aromatic rings. The van der Waals surface area contributed by atoms with Crippen molar-refractivity contribution in [2.24, 2.45) is 0 Å². The number of benzene rings is 1. The maximum absolute atomic E-state index is 11.1. The van der Waals surface area contributed by atoms with Crippen LogP contribution in [-0.2, 0) is 11.3 Å². The second-order valence-electron chi connectivity index (χ2n) is 3.28. The van der Waals surface area contributed by atoms with Crippen LogP contribution in [0.25, 0.3) is 11.1 Å². The highest BCUT2D eigenvalue weighted by molar-refractivity contribution is 5.76. The molecule has 1 N–H and O–H groups in total. The van der Waals surface area contributed by atoms with Crippen LogP contribution in [0.3, 0.4) is 0 Å². The molecule has 0 aliphatic carbocycles. The lowest BCUT2D eigenvalue weighted by Crippen LogP contribution is -2.21. The van der Waals surface area contributed by atoms with Gasteiger partial charge in [-0.1, -0.05) is 13.0 Å². The number of oxazole rings is 1. The lowest BCUT2D eigenvalue weighted by Gasteiger charge is -2.02. The summed E-state index contributed by atoms with van der Waals surface area (Å²) in [7, 11) is 0. The summed E-state index contributed by atoms with van der Waals surface area (Å²) in [5, 5.41) is 2.80. The second-order valence-corrected chi connectivity index (χ2v) is 3.28. The highest BCUT2D eigenvalue weighted by Gasteiger charge is 2.01. The van der Waals surface area contributed by atoms with Crippen LogP contribution >= 0.6 is 0 Å². The number of rotatable bonds is 3. The maximum atomic E-state index is 11.1. The van der Waals surface area contributed by atoms with E-state index in [1.54, 1.807) is 0 Å². The van der Waals surface area contributed by atoms with Crippen LogP contribution in [0, 0.1) is 0 Å². The molecule has 0 radical (unpaired) electrons. The number of carbonyl (C=O) groups excluding carboxylic acids is 1. The molecule has 0 fully saturated rings. The first-order valence-electron chi connectivity index (χ1n) is 4.88. The van der Waals surface area contributed by atoms with E-state index in [2.05, 4.69) is 10.3 Å². The predicted octanol–water partition coefficient (Wildman–Crippen LogP) is 1.85. The molecule has 0 saturated carbocycles. The molecule has 0 aliphatic heterocycles. The van der Waals surface area contributed by atoms with Crippen molar-refractivity contribution in [1.82, 2.24) is 10.3 Å². The molecule has 0 aliphatic rings. The van der Waals surface area contributed by atoms with E-state index >= 15 is 0 Å². The van der Waals surface area contributed by atoms with Crippen molar-refractivity contribution in [2.75, 3.05) is 0 Å².